The molecule has 0 aliphatic heterocycles. The Hall–Kier alpha value is -1.44. The fourth-order valence-electron chi connectivity index (χ4n) is 2.21. The highest BCUT2D eigenvalue weighted by Gasteiger charge is 2.24. The highest BCUT2D eigenvalue weighted by Crippen LogP contribution is 2.15. The molecule has 1 aromatic carbocycles. The van der Waals surface area contributed by atoms with Gasteiger partial charge in [-0.05, 0) is 36.6 Å². The Balaban J connectivity index is 2.68. The van der Waals surface area contributed by atoms with Crippen LogP contribution in [0, 0.1) is 11.8 Å². The van der Waals surface area contributed by atoms with E-state index in [1.165, 1.54) is 0 Å². The van der Waals surface area contributed by atoms with Crippen LogP contribution in [0.3, 0.4) is 0 Å². The maximum Gasteiger partial charge on any atom is 0.319 e. The van der Waals surface area contributed by atoms with E-state index < -0.39 is 18.0 Å². The van der Waals surface area contributed by atoms with E-state index >= 15 is 0 Å². The molecule has 0 fully saturated rings. The lowest BCUT2D eigenvalue weighted by molar-refractivity contribution is -0.122. The highest BCUT2D eigenvalue weighted by atomic mass is 79.9. The molecule has 2 amide bonds. The summed E-state index contributed by atoms with van der Waals surface area (Å²) < 4.78 is 0.903. The lowest BCUT2D eigenvalue weighted by atomic mass is 9.94. The Kier molecular flexibility index (Phi) is 8.95. The molecule has 0 unspecified atom stereocenters. The van der Waals surface area contributed by atoms with Crippen molar-refractivity contribution >= 4 is 33.4 Å². The number of Topliss-reactive ketones (excluding diaryl/α,β-unsaturated/α-hetero) is 1. The van der Waals surface area contributed by atoms with E-state index in [1.54, 1.807) is 24.3 Å². The van der Waals surface area contributed by atoms with Gasteiger partial charge in [0.05, 0.1) is 6.04 Å². The molecule has 7 heteroatoms. The van der Waals surface area contributed by atoms with E-state index in [0.29, 0.717) is 12.1 Å². The average molecular weight is 401 g/mol. The second kappa shape index (κ2) is 10.4. The minimum atomic E-state index is -0.652. The number of nitrogens with one attached hydrogen (secondary N) is 2. The standard InChI is InChI=1S/C17H25BrN2O4/c1-11(2)7-15(16(23)8-12(9-21)10-22)20-17(24)19-14-5-3-13(18)4-6-14/h3-6,11-12,15,21-22H,7-10H2,1-2H3,(H2,19,20,24)/t15-/m0/s1. The van der Waals surface area contributed by atoms with Gasteiger partial charge in [0, 0.05) is 35.7 Å². The topological polar surface area (TPSA) is 98.7 Å². The SMILES string of the molecule is CC(C)C[C@H](NC(=O)Nc1ccc(Br)cc1)C(=O)CC(CO)CO. The van der Waals surface area contributed by atoms with Crippen LogP contribution < -0.4 is 10.6 Å². The molecule has 1 rings (SSSR count). The van der Waals surface area contributed by atoms with Gasteiger partial charge < -0.3 is 20.8 Å². The van der Waals surface area contributed by atoms with Gasteiger partial charge in [0.15, 0.2) is 5.78 Å². The normalized spacial score (nSPS) is 12.3. The van der Waals surface area contributed by atoms with E-state index in [1.807, 2.05) is 13.8 Å². The van der Waals surface area contributed by atoms with Crippen molar-refractivity contribution in [3.8, 4) is 0 Å². The third-order valence-electron chi connectivity index (χ3n) is 3.51. The summed E-state index contributed by atoms with van der Waals surface area (Å²) >= 11 is 3.32. The van der Waals surface area contributed by atoms with Crippen LogP contribution in [0.15, 0.2) is 28.7 Å². The minimum absolute atomic E-state index is 0.0307. The summed E-state index contributed by atoms with van der Waals surface area (Å²) in [5.74, 6) is -0.472. The van der Waals surface area contributed by atoms with Crippen LogP contribution in [0.2, 0.25) is 0 Å². The minimum Gasteiger partial charge on any atom is -0.396 e. The Labute approximate surface area is 150 Å². The number of aliphatic hydroxyl groups is 2. The third-order valence-corrected chi connectivity index (χ3v) is 4.04. The van der Waals surface area contributed by atoms with Crippen molar-refractivity contribution in [1.29, 1.82) is 0 Å². The number of urea groups is 1. The second-order valence-electron chi connectivity index (χ2n) is 6.19. The van der Waals surface area contributed by atoms with Crippen molar-refractivity contribution in [1.82, 2.24) is 5.32 Å². The Bertz CT molecular complexity index is 530. The van der Waals surface area contributed by atoms with Crippen LogP contribution in [-0.2, 0) is 4.79 Å². The fraction of sp³-hybridized carbons (Fsp3) is 0.529. The summed E-state index contributed by atoms with van der Waals surface area (Å²) in [6, 6.07) is 5.99. The predicted molar refractivity (Wildman–Crippen MR) is 96.8 cm³/mol. The van der Waals surface area contributed by atoms with Crippen LogP contribution in [0.1, 0.15) is 26.7 Å². The first-order valence-electron chi connectivity index (χ1n) is 7.93. The number of anilines is 1. The molecular weight excluding hydrogens is 376 g/mol. The van der Waals surface area contributed by atoms with Crippen LogP contribution in [0.4, 0.5) is 10.5 Å². The van der Waals surface area contributed by atoms with E-state index in [9.17, 15) is 9.59 Å². The van der Waals surface area contributed by atoms with Gasteiger partial charge in [-0.2, -0.15) is 0 Å². The molecule has 4 N–H and O–H groups in total. The Morgan fingerprint density at radius 2 is 1.71 bits per heavy atom. The maximum atomic E-state index is 12.4. The summed E-state index contributed by atoms with van der Waals surface area (Å²) in [4.78, 5) is 24.5. The van der Waals surface area contributed by atoms with E-state index in [4.69, 9.17) is 10.2 Å². The number of hydrogen-bond donors (Lipinski definition) is 4. The molecule has 0 aliphatic rings. The van der Waals surface area contributed by atoms with Crippen molar-refractivity contribution < 1.29 is 19.8 Å². The lowest BCUT2D eigenvalue weighted by Crippen LogP contribution is -2.44. The zero-order valence-electron chi connectivity index (χ0n) is 14.0. The van der Waals surface area contributed by atoms with Gasteiger partial charge in [-0.3, -0.25) is 4.79 Å². The van der Waals surface area contributed by atoms with Gasteiger partial charge in [0.25, 0.3) is 0 Å². The molecule has 24 heavy (non-hydrogen) atoms. The molecule has 0 aliphatic carbocycles. The van der Waals surface area contributed by atoms with Crippen molar-refractivity contribution in [2.75, 3.05) is 18.5 Å². The first kappa shape index (κ1) is 20.6. The number of benzene rings is 1. The number of hydrogen-bond acceptors (Lipinski definition) is 4. The number of carbonyl (C=O) groups excluding carboxylic acids is 2. The summed E-state index contributed by atoms with van der Waals surface area (Å²) in [7, 11) is 0. The van der Waals surface area contributed by atoms with Gasteiger partial charge in [0.2, 0.25) is 0 Å². The van der Waals surface area contributed by atoms with Crippen molar-refractivity contribution in [3.63, 3.8) is 0 Å². The van der Waals surface area contributed by atoms with Gasteiger partial charge in [0.1, 0.15) is 0 Å². The largest absolute Gasteiger partial charge is 0.396 e. The predicted octanol–water partition coefficient (Wildman–Crippen LogP) is 2.55. The first-order valence-corrected chi connectivity index (χ1v) is 8.72. The van der Waals surface area contributed by atoms with E-state index in [-0.39, 0.29) is 31.3 Å². The van der Waals surface area contributed by atoms with E-state index in [0.717, 1.165) is 4.47 Å². The number of halogens is 1. The number of rotatable bonds is 9. The summed E-state index contributed by atoms with van der Waals surface area (Å²) in [5.41, 5.74) is 0.620. The number of amides is 2. The summed E-state index contributed by atoms with van der Waals surface area (Å²) in [6.07, 6.45) is 0.527. The lowest BCUT2D eigenvalue weighted by Gasteiger charge is -2.21. The monoisotopic (exact) mass is 400 g/mol. The maximum absolute atomic E-state index is 12.4. The summed E-state index contributed by atoms with van der Waals surface area (Å²) in [6.45, 7) is 3.40. The number of aliphatic hydroxyl groups excluding tert-OH is 2. The molecule has 0 bridgehead atoms. The van der Waals surface area contributed by atoms with Crippen molar-refractivity contribution in [2.24, 2.45) is 11.8 Å². The van der Waals surface area contributed by atoms with Gasteiger partial charge in [-0.15, -0.1) is 0 Å². The van der Waals surface area contributed by atoms with Crippen molar-refractivity contribution in [2.45, 2.75) is 32.7 Å². The molecule has 134 valence electrons. The Morgan fingerprint density at radius 1 is 1.12 bits per heavy atom. The molecule has 0 heterocycles. The summed E-state index contributed by atoms with van der Waals surface area (Å²) in [5, 5.41) is 23.6. The van der Waals surface area contributed by atoms with Gasteiger partial charge in [-0.1, -0.05) is 29.8 Å². The zero-order chi connectivity index (χ0) is 18.1. The van der Waals surface area contributed by atoms with E-state index in [2.05, 4.69) is 26.6 Å². The number of ketones is 1. The third kappa shape index (κ3) is 7.42. The molecular formula is C17H25BrN2O4. The molecule has 0 radical (unpaired) electrons. The van der Waals surface area contributed by atoms with Crippen LogP contribution >= 0.6 is 15.9 Å². The highest BCUT2D eigenvalue weighted by molar-refractivity contribution is 9.10. The van der Waals surface area contributed by atoms with Crippen LogP contribution in [0.25, 0.3) is 0 Å². The smallest absolute Gasteiger partial charge is 0.319 e. The van der Waals surface area contributed by atoms with Crippen LogP contribution in [0.5, 0.6) is 0 Å². The number of carbonyl (C=O) groups is 2. The van der Waals surface area contributed by atoms with Crippen LogP contribution in [-0.4, -0.2) is 41.3 Å². The fourth-order valence-corrected chi connectivity index (χ4v) is 2.48. The van der Waals surface area contributed by atoms with Gasteiger partial charge in [-0.25, -0.2) is 4.79 Å². The van der Waals surface area contributed by atoms with Gasteiger partial charge >= 0.3 is 6.03 Å². The van der Waals surface area contributed by atoms with Crippen molar-refractivity contribution in [3.05, 3.63) is 28.7 Å². The molecule has 0 saturated carbocycles. The zero-order valence-corrected chi connectivity index (χ0v) is 15.5. The molecule has 0 spiro atoms. The molecule has 0 saturated heterocycles. The molecule has 1 atom stereocenters. The molecule has 6 nitrogen and oxygen atoms in total. The first-order chi connectivity index (χ1) is 11.3. The average Bonchev–Trinajstić information content (AvgIpc) is 2.53. The molecule has 1 aromatic rings. The Morgan fingerprint density at radius 3 is 2.21 bits per heavy atom. The second-order valence-corrected chi connectivity index (χ2v) is 7.10. The molecule has 0 aromatic heterocycles. The quantitative estimate of drug-likeness (QED) is 0.511.